The molecule has 0 N–H and O–H groups in total. The summed E-state index contributed by atoms with van der Waals surface area (Å²) in [6, 6.07) is 7.48. The average Bonchev–Trinajstić information content (AvgIpc) is 2.96. The van der Waals surface area contributed by atoms with Crippen LogP contribution in [0.5, 0.6) is 0 Å². The van der Waals surface area contributed by atoms with Crippen LogP contribution in [0.3, 0.4) is 0 Å². The van der Waals surface area contributed by atoms with E-state index in [1.54, 1.807) is 4.90 Å². The molecule has 7 nitrogen and oxygen atoms in total. The van der Waals surface area contributed by atoms with E-state index in [-0.39, 0.29) is 18.9 Å². The summed E-state index contributed by atoms with van der Waals surface area (Å²) >= 11 is 5.56. The Balaban J connectivity index is 1.81. The molecule has 0 spiro atoms. The molecule has 0 saturated carbocycles. The van der Waals surface area contributed by atoms with E-state index < -0.39 is 21.2 Å². The van der Waals surface area contributed by atoms with Crippen LogP contribution >= 0.6 is 11.6 Å². The van der Waals surface area contributed by atoms with Gasteiger partial charge >= 0.3 is 0 Å². The molecule has 1 aromatic rings. The normalized spacial score (nSPS) is 22.5. The van der Waals surface area contributed by atoms with Crippen molar-refractivity contribution in [1.29, 1.82) is 0 Å². The smallest absolute Gasteiger partial charge is 0.227 e. The van der Waals surface area contributed by atoms with E-state index in [1.807, 2.05) is 24.3 Å². The number of rotatable bonds is 4. The first-order valence-corrected chi connectivity index (χ1v) is 10.3. The van der Waals surface area contributed by atoms with Gasteiger partial charge in [-0.05, 0) is 23.7 Å². The monoisotopic (exact) mass is 385 g/mol. The summed E-state index contributed by atoms with van der Waals surface area (Å²) in [6.45, 7) is 2.18. The van der Waals surface area contributed by atoms with Crippen molar-refractivity contribution in [3.63, 3.8) is 0 Å². The molecular formula is C16H20ClN3O4S. The van der Waals surface area contributed by atoms with E-state index in [0.29, 0.717) is 26.2 Å². The fourth-order valence-corrected chi connectivity index (χ4v) is 4.29. The highest BCUT2D eigenvalue weighted by atomic mass is 35.5. The third kappa shape index (κ3) is 3.80. The number of carbonyl (C=O) groups excluding carboxylic acids is 2. The summed E-state index contributed by atoms with van der Waals surface area (Å²) in [5.74, 6) is -0.606. The van der Waals surface area contributed by atoms with Gasteiger partial charge in [-0.3, -0.25) is 9.59 Å². The minimum absolute atomic E-state index is 0.124. The molecule has 2 fully saturated rings. The standard InChI is InChI=1S/C16H20ClN3O4S/c1-25(23,24)19-8-6-18(7-9-19)13-4-2-3-5-14(13)20-11-12(16(17)22)10-15(20)21/h2-5,12H,6-11H2,1H3. The number of halogens is 1. The molecule has 1 atom stereocenters. The van der Waals surface area contributed by atoms with Crippen LogP contribution in [0.1, 0.15) is 6.42 Å². The first kappa shape index (κ1) is 18.2. The molecule has 25 heavy (non-hydrogen) atoms. The highest BCUT2D eigenvalue weighted by Crippen LogP contribution is 2.34. The summed E-state index contributed by atoms with van der Waals surface area (Å²) in [5.41, 5.74) is 1.60. The second-order valence-corrected chi connectivity index (χ2v) is 8.70. The van der Waals surface area contributed by atoms with E-state index in [0.717, 1.165) is 11.4 Å². The van der Waals surface area contributed by atoms with Gasteiger partial charge in [0, 0.05) is 39.1 Å². The molecule has 0 aliphatic carbocycles. The Morgan fingerprint density at radius 2 is 1.72 bits per heavy atom. The second kappa shape index (κ2) is 6.93. The number of hydrogen-bond acceptors (Lipinski definition) is 5. The van der Waals surface area contributed by atoms with Crippen LogP contribution in [-0.4, -0.2) is 62.9 Å². The summed E-state index contributed by atoms with van der Waals surface area (Å²) < 4.78 is 24.8. The lowest BCUT2D eigenvalue weighted by Gasteiger charge is -2.36. The maximum atomic E-state index is 12.3. The number of amides is 1. The molecule has 136 valence electrons. The Morgan fingerprint density at radius 1 is 1.12 bits per heavy atom. The van der Waals surface area contributed by atoms with Crippen molar-refractivity contribution < 1.29 is 18.0 Å². The van der Waals surface area contributed by atoms with E-state index in [2.05, 4.69) is 4.90 Å². The molecular weight excluding hydrogens is 366 g/mol. The summed E-state index contributed by atoms with van der Waals surface area (Å²) in [5, 5.41) is -0.491. The molecule has 2 heterocycles. The van der Waals surface area contributed by atoms with Crippen LogP contribution < -0.4 is 9.80 Å². The Morgan fingerprint density at radius 3 is 2.24 bits per heavy atom. The predicted molar refractivity (Wildman–Crippen MR) is 96.4 cm³/mol. The van der Waals surface area contributed by atoms with Gasteiger partial charge < -0.3 is 9.80 Å². The van der Waals surface area contributed by atoms with Gasteiger partial charge in [0.05, 0.1) is 23.5 Å². The van der Waals surface area contributed by atoms with Crippen LogP contribution in [0.2, 0.25) is 0 Å². The van der Waals surface area contributed by atoms with Crippen molar-refractivity contribution in [1.82, 2.24) is 4.31 Å². The lowest BCUT2D eigenvalue weighted by Crippen LogP contribution is -2.48. The maximum absolute atomic E-state index is 12.3. The Labute approximate surface area is 152 Å². The van der Waals surface area contributed by atoms with E-state index in [4.69, 9.17) is 11.6 Å². The minimum Gasteiger partial charge on any atom is -0.367 e. The lowest BCUT2D eigenvalue weighted by molar-refractivity contribution is -0.120. The topological polar surface area (TPSA) is 78.0 Å². The van der Waals surface area contributed by atoms with Crippen LogP contribution in [-0.2, 0) is 19.6 Å². The number of para-hydroxylation sites is 2. The molecule has 0 bridgehead atoms. The van der Waals surface area contributed by atoms with Crippen molar-refractivity contribution in [2.45, 2.75) is 6.42 Å². The molecule has 0 radical (unpaired) electrons. The zero-order valence-corrected chi connectivity index (χ0v) is 15.5. The first-order valence-electron chi connectivity index (χ1n) is 8.06. The number of nitrogens with zero attached hydrogens (tertiary/aromatic N) is 3. The van der Waals surface area contributed by atoms with E-state index in [9.17, 15) is 18.0 Å². The van der Waals surface area contributed by atoms with Gasteiger partial charge in [0.2, 0.25) is 21.2 Å². The van der Waals surface area contributed by atoms with Gasteiger partial charge in [-0.1, -0.05) is 12.1 Å². The van der Waals surface area contributed by atoms with Crippen molar-refractivity contribution >= 4 is 44.1 Å². The fourth-order valence-electron chi connectivity index (χ4n) is 3.31. The third-order valence-corrected chi connectivity index (χ3v) is 6.28. The maximum Gasteiger partial charge on any atom is 0.227 e. The molecule has 1 aromatic carbocycles. The van der Waals surface area contributed by atoms with Gasteiger partial charge in [0.15, 0.2) is 0 Å². The van der Waals surface area contributed by atoms with Crippen molar-refractivity contribution in [2.75, 3.05) is 48.8 Å². The van der Waals surface area contributed by atoms with Gasteiger partial charge in [-0.25, -0.2) is 8.42 Å². The van der Waals surface area contributed by atoms with Gasteiger partial charge in [0.25, 0.3) is 0 Å². The van der Waals surface area contributed by atoms with Crippen molar-refractivity contribution in [3.05, 3.63) is 24.3 Å². The van der Waals surface area contributed by atoms with Crippen LogP contribution in [0.4, 0.5) is 11.4 Å². The van der Waals surface area contributed by atoms with E-state index in [1.165, 1.54) is 10.6 Å². The number of benzene rings is 1. The number of anilines is 2. The first-order chi connectivity index (χ1) is 11.8. The molecule has 0 aromatic heterocycles. The van der Waals surface area contributed by atoms with Crippen molar-refractivity contribution in [2.24, 2.45) is 5.92 Å². The molecule has 3 rings (SSSR count). The lowest BCUT2D eigenvalue weighted by atomic mass is 10.1. The minimum atomic E-state index is -3.19. The molecule has 1 amide bonds. The van der Waals surface area contributed by atoms with Gasteiger partial charge in [0.1, 0.15) is 0 Å². The van der Waals surface area contributed by atoms with Crippen molar-refractivity contribution in [3.8, 4) is 0 Å². The molecule has 9 heteroatoms. The molecule has 1 unspecified atom stereocenters. The van der Waals surface area contributed by atoms with Gasteiger partial charge in [-0.15, -0.1) is 0 Å². The number of piperazine rings is 1. The average molecular weight is 386 g/mol. The van der Waals surface area contributed by atoms with Gasteiger partial charge in [-0.2, -0.15) is 4.31 Å². The predicted octanol–water partition coefficient (Wildman–Crippen LogP) is 0.886. The Bertz CT molecular complexity index is 790. The van der Waals surface area contributed by atoms with Crippen LogP contribution in [0, 0.1) is 5.92 Å². The summed E-state index contributed by atoms with van der Waals surface area (Å²) in [7, 11) is -3.19. The zero-order valence-electron chi connectivity index (χ0n) is 13.9. The quantitative estimate of drug-likeness (QED) is 0.719. The Hall–Kier alpha value is -1.64. The summed E-state index contributed by atoms with van der Waals surface area (Å²) in [6.07, 6.45) is 1.33. The van der Waals surface area contributed by atoms with Crippen LogP contribution in [0.25, 0.3) is 0 Å². The Kier molecular flexibility index (Phi) is 5.04. The third-order valence-electron chi connectivity index (χ3n) is 4.67. The SMILES string of the molecule is CS(=O)(=O)N1CCN(c2ccccc2N2CC(C(=O)Cl)CC2=O)CC1. The highest BCUT2D eigenvalue weighted by molar-refractivity contribution is 7.88. The van der Waals surface area contributed by atoms with E-state index >= 15 is 0 Å². The summed E-state index contributed by atoms with van der Waals surface area (Å²) in [4.78, 5) is 27.4. The highest BCUT2D eigenvalue weighted by Gasteiger charge is 2.36. The zero-order chi connectivity index (χ0) is 18.2. The number of carbonyl (C=O) groups is 2. The molecule has 2 aliphatic rings. The largest absolute Gasteiger partial charge is 0.367 e. The fraction of sp³-hybridized carbons (Fsp3) is 0.500. The molecule has 2 saturated heterocycles. The number of sulfonamides is 1. The second-order valence-electron chi connectivity index (χ2n) is 6.35. The van der Waals surface area contributed by atoms with Crippen LogP contribution in [0.15, 0.2) is 24.3 Å². The number of hydrogen-bond donors (Lipinski definition) is 0. The molecule has 2 aliphatic heterocycles.